The van der Waals surface area contributed by atoms with Gasteiger partial charge < -0.3 is 10.2 Å². The summed E-state index contributed by atoms with van der Waals surface area (Å²) in [5.74, 6) is 1.03. The van der Waals surface area contributed by atoms with Gasteiger partial charge in [-0.1, -0.05) is 0 Å². The molecule has 0 radical (unpaired) electrons. The molecule has 2 heterocycles. The molecular formula is C10H16N4. The van der Waals surface area contributed by atoms with E-state index in [1.807, 2.05) is 6.07 Å². The zero-order valence-electron chi connectivity index (χ0n) is 8.70. The summed E-state index contributed by atoms with van der Waals surface area (Å²) < 4.78 is 0. The second-order valence-electron chi connectivity index (χ2n) is 3.84. The third-order valence-corrected chi connectivity index (χ3v) is 2.56. The molecule has 76 valence electrons. The maximum Gasteiger partial charge on any atom is 0.154 e. The van der Waals surface area contributed by atoms with Crippen LogP contribution in [0.2, 0.25) is 0 Å². The van der Waals surface area contributed by atoms with Gasteiger partial charge in [-0.2, -0.15) is 5.10 Å². The highest BCUT2D eigenvalue weighted by molar-refractivity contribution is 5.45. The molecule has 1 fully saturated rings. The average Bonchev–Trinajstić information content (AvgIpc) is 2.18. The van der Waals surface area contributed by atoms with Gasteiger partial charge in [0.1, 0.15) is 0 Å². The third kappa shape index (κ3) is 1.85. The Morgan fingerprint density at radius 1 is 1.57 bits per heavy atom. The lowest BCUT2D eigenvalue weighted by Gasteiger charge is -2.33. The van der Waals surface area contributed by atoms with E-state index in [1.165, 1.54) is 5.56 Å². The number of hydrogen-bond donors (Lipinski definition) is 1. The van der Waals surface area contributed by atoms with Gasteiger partial charge >= 0.3 is 0 Å². The minimum absolute atomic E-state index is 0.533. The Kier molecular flexibility index (Phi) is 2.63. The van der Waals surface area contributed by atoms with Crippen LogP contribution >= 0.6 is 0 Å². The third-order valence-electron chi connectivity index (χ3n) is 2.56. The van der Waals surface area contributed by atoms with Crippen LogP contribution in [0.15, 0.2) is 12.3 Å². The van der Waals surface area contributed by atoms with Crippen LogP contribution in [0.5, 0.6) is 0 Å². The SMILES string of the molecule is Cc1ccnnc1N1CCNC(C)C1. The Bertz CT molecular complexity index is 313. The summed E-state index contributed by atoms with van der Waals surface area (Å²) in [6.07, 6.45) is 1.74. The fourth-order valence-corrected chi connectivity index (χ4v) is 1.82. The van der Waals surface area contributed by atoms with Crippen molar-refractivity contribution in [2.45, 2.75) is 19.9 Å². The van der Waals surface area contributed by atoms with E-state index in [-0.39, 0.29) is 0 Å². The number of aryl methyl sites for hydroxylation is 1. The lowest BCUT2D eigenvalue weighted by atomic mass is 10.2. The molecule has 0 bridgehead atoms. The molecule has 0 aliphatic carbocycles. The van der Waals surface area contributed by atoms with Crippen LogP contribution in [0.1, 0.15) is 12.5 Å². The van der Waals surface area contributed by atoms with Gasteiger partial charge in [0.2, 0.25) is 0 Å². The maximum atomic E-state index is 4.18. The number of nitrogens with zero attached hydrogens (tertiary/aromatic N) is 3. The van der Waals surface area contributed by atoms with Crippen LogP contribution in [0.25, 0.3) is 0 Å². The fourth-order valence-electron chi connectivity index (χ4n) is 1.82. The number of hydrogen-bond acceptors (Lipinski definition) is 4. The quantitative estimate of drug-likeness (QED) is 0.707. The highest BCUT2D eigenvalue weighted by Gasteiger charge is 2.18. The smallest absolute Gasteiger partial charge is 0.154 e. The second-order valence-corrected chi connectivity index (χ2v) is 3.84. The molecule has 1 aliphatic rings. The number of aromatic nitrogens is 2. The van der Waals surface area contributed by atoms with Crippen molar-refractivity contribution in [2.75, 3.05) is 24.5 Å². The van der Waals surface area contributed by atoms with Gasteiger partial charge in [-0.05, 0) is 25.5 Å². The lowest BCUT2D eigenvalue weighted by Crippen LogP contribution is -2.49. The minimum atomic E-state index is 0.533. The number of nitrogens with one attached hydrogen (secondary N) is 1. The predicted molar refractivity (Wildman–Crippen MR) is 56.4 cm³/mol. The molecule has 1 aromatic rings. The standard InChI is InChI=1S/C10H16N4/c1-8-3-4-12-13-10(8)14-6-5-11-9(2)7-14/h3-4,9,11H,5-7H2,1-2H3. The van der Waals surface area contributed by atoms with Gasteiger partial charge in [0.25, 0.3) is 0 Å². The highest BCUT2D eigenvalue weighted by Crippen LogP contribution is 2.16. The summed E-state index contributed by atoms with van der Waals surface area (Å²) in [5, 5.41) is 11.5. The zero-order valence-corrected chi connectivity index (χ0v) is 8.70. The van der Waals surface area contributed by atoms with Crippen molar-refractivity contribution in [2.24, 2.45) is 0 Å². The molecule has 1 aliphatic heterocycles. The molecule has 1 aromatic heterocycles. The number of rotatable bonds is 1. The molecule has 0 amide bonds. The van der Waals surface area contributed by atoms with Gasteiger partial charge in [-0.15, -0.1) is 5.10 Å². The van der Waals surface area contributed by atoms with Crippen molar-refractivity contribution in [3.8, 4) is 0 Å². The van der Waals surface area contributed by atoms with Crippen LogP contribution in [0.3, 0.4) is 0 Å². The summed E-state index contributed by atoms with van der Waals surface area (Å²) >= 11 is 0. The van der Waals surface area contributed by atoms with Crippen LogP contribution in [-0.4, -0.2) is 35.9 Å². The Hall–Kier alpha value is -1.16. The van der Waals surface area contributed by atoms with Crippen molar-refractivity contribution in [3.63, 3.8) is 0 Å². The van der Waals surface area contributed by atoms with Gasteiger partial charge in [-0.25, -0.2) is 0 Å². The van der Waals surface area contributed by atoms with Gasteiger partial charge in [0, 0.05) is 25.7 Å². The van der Waals surface area contributed by atoms with Gasteiger partial charge in [0.15, 0.2) is 5.82 Å². The molecule has 1 unspecified atom stereocenters. The van der Waals surface area contributed by atoms with Crippen molar-refractivity contribution in [1.29, 1.82) is 0 Å². The Balaban J connectivity index is 2.18. The first-order valence-corrected chi connectivity index (χ1v) is 5.04. The number of piperazine rings is 1. The van der Waals surface area contributed by atoms with Crippen LogP contribution in [0, 0.1) is 6.92 Å². The normalized spacial score (nSPS) is 22.4. The Morgan fingerprint density at radius 2 is 2.43 bits per heavy atom. The lowest BCUT2D eigenvalue weighted by molar-refractivity contribution is 0.480. The summed E-state index contributed by atoms with van der Waals surface area (Å²) in [7, 11) is 0. The van der Waals surface area contributed by atoms with E-state index in [9.17, 15) is 0 Å². The summed E-state index contributed by atoms with van der Waals surface area (Å²) in [5.41, 5.74) is 1.20. The van der Waals surface area contributed by atoms with E-state index in [1.54, 1.807) is 6.20 Å². The monoisotopic (exact) mass is 192 g/mol. The van der Waals surface area contributed by atoms with E-state index in [2.05, 4.69) is 34.3 Å². The summed E-state index contributed by atoms with van der Waals surface area (Å²) in [6.45, 7) is 7.33. The highest BCUT2D eigenvalue weighted by atomic mass is 15.3. The fraction of sp³-hybridized carbons (Fsp3) is 0.600. The first kappa shape index (κ1) is 9.40. The Morgan fingerprint density at radius 3 is 3.14 bits per heavy atom. The largest absolute Gasteiger partial charge is 0.352 e. The van der Waals surface area contributed by atoms with E-state index < -0.39 is 0 Å². The minimum Gasteiger partial charge on any atom is -0.352 e. The van der Waals surface area contributed by atoms with Crippen molar-refractivity contribution >= 4 is 5.82 Å². The molecule has 2 rings (SSSR count). The number of anilines is 1. The van der Waals surface area contributed by atoms with Crippen molar-refractivity contribution in [3.05, 3.63) is 17.8 Å². The van der Waals surface area contributed by atoms with E-state index in [0.29, 0.717) is 6.04 Å². The molecule has 1 saturated heterocycles. The molecular weight excluding hydrogens is 176 g/mol. The van der Waals surface area contributed by atoms with Crippen molar-refractivity contribution in [1.82, 2.24) is 15.5 Å². The van der Waals surface area contributed by atoms with Crippen molar-refractivity contribution < 1.29 is 0 Å². The van der Waals surface area contributed by atoms with E-state index >= 15 is 0 Å². The first-order chi connectivity index (χ1) is 6.77. The first-order valence-electron chi connectivity index (χ1n) is 5.04. The van der Waals surface area contributed by atoms with E-state index in [0.717, 1.165) is 25.5 Å². The molecule has 14 heavy (non-hydrogen) atoms. The van der Waals surface area contributed by atoms with Crippen LogP contribution in [0.4, 0.5) is 5.82 Å². The molecule has 1 N–H and O–H groups in total. The van der Waals surface area contributed by atoms with E-state index in [4.69, 9.17) is 0 Å². The molecule has 1 atom stereocenters. The average molecular weight is 192 g/mol. The summed E-state index contributed by atoms with van der Waals surface area (Å²) in [4.78, 5) is 2.30. The van der Waals surface area contributed by atoms with Gasteiger partial charge in [0.05, 0.1) is 6.20 Å². The topological polar surface area (TPSA) is 41.1 Å². The molecule has 0 saturated carbocycles. The van der Waals surface area contributed by atoms with Crippen LogP contribution < -0.4 is 10.2 Å². The second kappa shape index (κ2) is 3.92. The molecule has 4 nitrogen and oxygen atoms in total. The molecule has 4 heteroatoms. The maximum absolute atomic E-state index is 4.18. The van der Waals surface area contributed by atoms with Crippen LogP contribution in [-0.2, 0) is 0 Å². The predicted octanol–water partition coefficient (Wildman–Crippen LogP) is 0.583. The summed E-state index contributed by atoms with van der Waals surface area (Å²) in [6, 6.07) is 2.54. The molecule has 0 aromatic carbocycles. The molecule has 0 spiro atoms. The van der Waals surface area contributed by atoms with Gasteiger partial charge in [-0.3, -0.25) is 0 Å². The Labute approximate surface area is 84.3 Å². The zero-order chi connectivity index (χ0) is 9.97.